The Hall–Kier alpha value is -2.29. The molecule has 0 unspecified atom stereocenters. The number of piperazine rings is 1. The normalized spacial score (nSPS) is 16.7. The summed E-state index contributed by atoms with van der Waals surface area (Å²) in [6.07, 6.45) is -3.60. The summed E-state index contributed by atoms with van der Waals surface area (Å²) in [5.41, 5.74) is -0.136. The monoisotopic (exact) mass is 387 g/mol. The van der Waals surface area contributed by atoms with E-state index >= 15 is 0 Å². The molecule has 1 atom stereocenters. The molecule has 6 nitrogen and oxygen atoms in total. The van der Waals surface area contributed by atoms with Gasteiger partial charge in [-0.15, -0.1) is 0 Å². The first kappa shape index (κ1) is 21.0. The van der Waals surface area contributed by atoms with Gasteiger partial charge in [0.1, 0.15) is 0 Å². The summed E-state index contributed by atoms with van der Waals surface area (Å²) in [6.45, 7) is 6.24. The van der Waals surface area contributed by atoms with Crippen LogP contribution in [0, 0.1) is 0 Å². The molecule has 1 saturated heterocycles. The molecule has 3 amide bonds. The van der Waals surface area contributed by atoms with Crippen LogP contribution in [0.4, 0.5) is 23.7 Å². The zero-order valence-corrected chi connectivity index (χ0v) is 15.5. The Morgan fingerprint density at radius 1 is 1.26 bits per heavy atom. The minimum atomic E-state index is -4.36. The summed E-state index contributed by atoms with van der Waals surface area (Å²) >= 11 is 0. The Morgan fingerprint density at radius 3 is 2.52 bits per heavy atom. The lowest BCUT2D eigenvalue weighted by Gasteiger charge is -2.33. The van der Waals surface area contributed by atoms with Gasteiger partial charge in [-0.05, 0) is 31.5 Å². The third kappa shape index (κ3) is 6.42. The molecule has 0 aromatic heterocycles. The number of rotatable bonds is 5. The number of amides is 3. The van der Waals surface area contributed by atoms with Gasteiger partial charge in [-0.25, -0.2) is 4.79 Å². The van der Waals surface area contributed by atoms with E-state index in [1.807, 2.05) is 18.7 Å². The lowest BCUT2D eigenvalue weighted by Crippen LogP contribution is -3.16. The van der Waals surface area contributed by atoms with E-state index in [-0.39, 0.29) is 18.5 Å². The number of alkyl halides is 3. The maximum absolute atomic E-state index is 12.8. The summed E-state index contributed by atoms with van der Waals surface area (Å²) in [5, 5.41) is 4.97. The maximum atomic E-state index is 12.8. The van der Waals surface area contributed by atoms with Gasteiger partial charge in [0.05, 0.1) is 31.7 Å². The van der Waals surface area contributed by atoms with E-state index in [9.17, 15) is 22.8 Å². The third-order valence-electron chi connectivity index (χ3n) is 4.66. The Morgan fingerprint density at radius 2 is 1.93 bits per heavy atom. The zero-order valence-electron chi connectivity index (χ0n) is 15.5. The van der Waals surface area contributed by atoms with Gasteiger partial charge in [0, 0.05) is 11.7 Å². The third-order valence-corrected chi connectivity index (χ3v) is 4.66. The summed E-state index contributed by atoms with van der Waals surface area (Å²) in [4.78, 5) is 26.5. The van der Waals surface area contributed by atoms with Crippen molar-refractivity contribution in [3.63, 3.8) is 0 Å². The van der Waals surface area contributed by atoms with Crippen molar-refractivity contribution in [1.29, 1.82) is 0 Å². The van der Waals surface area contributed by atoms with E-state index in [1.165, 1.54) is 6.07 Å². The fourth-order valence-electron chi connectivity index (χ4n) is 2.90. The molecule has 1 aromatic rings. The van der Waals surface area contributed by atoms with Crippen LogP contribution in [0.3, 0.4) is 0 Å². The zero-order chi connectivity index (χ0) is 20.0. The van der Waals surface area contributed by atoms with E-state index in [0.29, 0.717) is 31.9 Å². The number of anilines is 1. The molecule has 0 radical (unpaired) electrons. The molecule has 1 aliphatic heterocycles. The van der Waals surface area contributed by atoms with Gasteiger partial charge < -0.3 is 15.1 Å². The molecule has 9 heteroatoms. The molecular weight excluding hydrogens is 361 g/mol. The molecule has 3 N–H and O–H groups in total. The fraction of sp³-hybridized carbons (Fsp3) is 0.556. The first-order valence-electron chi connectivity index (χ1n) is 9.05. The van der Waals surface area contributed by atoms with Gasteiger partial charge >= 0.3 is 12.2 Å². The van der Waals surface area contributed by atoms with Crippen LogP contribution in [0.2, 0.25) is 0 Å². The average molecular weight is 387 g/mol. The number of nitrogens with one attached hydrogen (secondary N) is 3. The number of halogens is 3. The van der Waals surface area contributed by atoms with E-state index in [0.717, 1.165) is 23.5 Å². The van der Waals surface area contributed by atoms with Crippen molar-refractivity contribution < 1.29 is 27.7 Å². The Balaban J connectivity index is 1.82. The predicted molar refractivity (Wildman–Crippen MR) is 95.6 cm³/mol. The first-order valence-corrected chi connectivity index (χ1v) is 9.05. The predicted octanol–water partition coefficient (Wildman–Crippen LogP) is 1.03. The molecule has 0 saturated carbocycles. The van der Waals surface area contributed by atoms with Crippen LogP contribution >= 0.6 is 0 Å². The number of hydrogen-bond donors (Lipinski definition) is 3. The first-order chi connectivity index (χ1) is 12.7. The molecule has 1 aromatic carbocycles. The van der Waals surface area contributed by atoms with E-state index in [1.54, 1.807) is 6.07 Å². The highest BCUT2D eigenvalue weighted by Crippen LogP contribution is 2.31. The largest absolute Gasteiger partial charge is 0.416 e. The molecule has 2 rings (SSSR count). The van der Waals surface area contributed by atoms with E-state index < -0.39 is 17.8 Å². The van der Waals surface area contributed by atoms with Gasteiger partial charge in [0.15, 0.2) is 6.54 Å². The second-order valence-electron chi connectivity index (χ2n) is 6.79. The van der Waals surface area contributed by atoms with Gasteiger partial charge in [-0.3, -0.25) is 10.1 Å². The summed E-state index contributed by atoms with van der Waals surface area (Å²) in [7, 11) is 0. The number of imide groups is 1. The van der Waals surface area contributed by atoms with Crippen molar-refractivity contribution >= 4 is 17.6 Å². The van der Waals surface area contributed by atoms with Crippen molar-refractivity contribution in [1.82, 2.24) is 10.6 Å². The van der Waals surface area contributed by atoms with Gasteiger partial charge in [0.25, 0.3) is 5.91 Å². The van der Waals surface area contributed by atoms with Crippen LogP contribution < -0.4 is 20.4 Å². The van der Waals surface area contributed by atoms with Crippen molar-refractivity contribution in [3.05, 3.63) is 29.8 Å². The number of nitrogens with zero attached hydrogens (tertiary/aromatic N) is 1. The van der Waals surface area contributed by atoms with Crippen LogP contribution in [0.25, 0.3) is 0 Å². The van der Waals surface area contributed by atoms with Crippen molar-refractivity contribution in [2.75, 3.05) is 37.6 Å². The van der Waals surface area contributed by atoms with E-state index in [2.05, 4.69) is 10.6 Å². The van der Waals surface area contributed by atoms with Crippen molar-refractivity contribution in [2.45, 2.75) is 32.5 Å². The molecule has 27 heavy (non-hydrogen) atoms. The Kier molecular flexibility index (Phi) is 7.06. The molecule has 0 bridgehead atoms. The highest BCUT2D eigenvalue weighted by molar-refractivity contribution is 5.94. The molecule has 0 aliphatic carbocycles. The standard InChI is InChI=1S/C18H25F3N4O2/c1-3-13(2)22-17(27)23-16(26)12-24-7-9-25(10-8-24)15-6-4-5-14(11-15)18(19,20)21/h4-6,11,13H,3,7-10,12H2,1-2H3,(H2,22,23,26,27)/p+1/t13-/m1/s1. The van der Waals surface area contributed by atoms with Crippen LogP contribution in [0.15, 0.2) is 24.3 Å². The number of benzene rings is 1. The minimum absolute atomic E-state index is 0.0128. The quantitative estimate of drug-likeness (QED) is 0.707. The van der Waals surface area contributed by atoms with Crippen molar-refractivity contribution in [2.24, 2.45) is 0 Å². The van der Waals surface area contributed by atoms with Crippen LogP contribution in [-0.4, -0.2) is 50.7 Å². The molecule has 1 fully saturated rings. The topological polar surface area (TPSA) is 65.9 Å². The SMILES string of the molecule is CC[C@@H](C)NC(=O)NC(=O)C[NH+]1CCN(c2cccc(C(F)(F)F)c2)CC1. The maximum Gasteiger partial charge on any atom is 0.416 e. The lowest BCUT2D eigenvalue weighted by molar-refractivity contribution is -0.892. The number of quaternary nitrogens is 1. The highest BCUT2D eigenvalue weighted by Gasteiger charge is 2.31. The molecule has 1 heterocycles. The second kappa shape index (κ2) is 9.07. The fourth-order valence-corrected chi connectivity index (χ4v) is 2.90. The van der Waals surface area contributed by atoms with Gasteiger partial charge in [-0.2, -0.15) is 13.2 Å². The molecule has 0 spiro atoms. The smallest absolute Gasteiger partial charge is 0.360 e. The van der Waals surface area contributed by atoms with Gasteiger partial charge in [-0.1, -0.05) is 13.0 Å². The average Bonchev–Trinajstić information content (AvgIpc) is 2.61. The summed E-state index contributed by atoms with van der Waals surface area (Å²) in [6, 6.07) is 4.75. The van der Waals surface area contributed by atoms with Crippen LogP contribution in [-0.2, 0) is 11.0 Å². The second-order valence-corrected chi connectivity index (χ2v) is 6.79. The minimum Gasteiger partial charge on any atom is -0.360 e. The van der Waals surface area contributed by atoms with Crippen molar-refractivity contribution in [3.8, 4) is 0 Å². The molecule has 1 aliphatic rings. The molecular formula is C18H26F3N4O2+. The number of carbonyl (C=O) groups is 2. The van der Waals surface area contributed by atoms with E-state index in [4.69, 9.17) is 0 Å². The van der Waals surface area contributed by atoms with Gasteiger partial charge in [0.2, 0.25) is 0 Å². The number of urea groups is 1. The summed E-state index contributed by atoms with van der Waals surface area (Å²) in [5.74, 6) is -0.363. The van der Waals surface area contributed by atoms with Crippen LogP contribution in [0.1, 0.15) is 25.8 Å². The summed E-state index contributed by atoms with van der Waals surface area (Å²) < 4.78 is 38.5. The Labute approximate surface area is 156 Å². The number of carbonyl (C=O) groups excluding carboxylic acids is 2. The van der Waals surface area contributed by atoms with Crippen LogP contribution in [0.5, 0.6) is 0 Å². The number of hydrogen-bond acceptors (Lipinski definition) is 3. The lowest BCUT2D eigenvalue weighted by atomic mass is 10.1. The molecule has 150 valence electrons. The highest BCUT2D eigenvalue weighted by atomic mass is 19.4. The Bertz CT molecular complexity index is 658.